The molecule has 0 aliphatic carbocycles. The lowest BCUT2D eigenvalue weighted by molar-refractivity contribution is -0.385. The number of carboxylic acids is 1. The van der Waals surface area contributed by atoms with Crippen molar-refractivity contribution in [3.05, 3.63) is 22.5 Å². The maximum Gasteiger partial charge on any atom is 0.305 e. The highest BCUT2D eigenvalue weighted by Crippen LogP contribution is 2.14. The molecule has 1 N–H and O–H groups in total. The van der Waals surface area contributed by atoms with Gasteiger partial charge in [-0.2, -0.15) is 0 Å². The van der Waals surface area contributed by atoms with Crippen LogP contribution in [-0.2, 0) is 4.79 Å². The number of piperazine rings is 1. The number of aromatic nitrogens is 2. The minimum atomic E-state index is -0.800. The molecule has 0 unspecified atom stereocenters. The van der Waals surface area contributed by atoms with E-state index in [1.165, 1.54) is 12.4 Å². The van der Waals surface area contributed by atoms with Gasteiger partial charge in [-0.3, -0.25) is 19.8 Å². The second kappa shape index (κ2) is 6.24. The van der Waals surface area contributed by atoms with E-state index in [1.807, 2.05) is 4.90 Å². The molecule has 0 saturated carbocycles. The molecule has 20 heavy (non-hydrogen) atoms. The first-order chi connectivity index (χ1) is 9.56. The Kier molecular flexibility index (Phi) is 4.41. The molecule has 2 rings (SSSR count). The smallest absolute Gasteiger partial charge is 0.305 e. The molecular formula is C11H15N5O4. The van der Waals surface area contributed by atoms with E-state index < -0.39 is 10.9 Å². The van der Waals surface area contributed by atoms with Crippen molar-refractivity contribution in [2.75, 3.05) is 37.6 Å². The van der Waals surface area contributed by atoms with Crippen LogP contribution in [0.1, 0.15) is 6.42 Å². The van der Waals surface area contributed by atoms with E-state index in [0.717, 1.165) is 13.1 Å². The van der Waals surface area contributed by atoms with Crippen LogP contribution in [0.15, 0.2) is 12.4 Å². The molecule has 0 radical (unpaired) electrons. The zero-order chi connectivity index (χ0) is 14.5. The fourth-order valence-electron chi connectivity index (χ4n) is 2.00. The molecule has 1 aliphatic heterocycles. The summed E-state index contributed by atoms with van der Waals surface area (Å²) in [5.74, 6) is -0.334. The lowest BCUT2D eigenvalue weighted by atomic mass is 10.3. The zero-order valence-corrected chi connectivity index (χ0v) is 10.8. The maximum absolute atomic E-state index is 10.5. The Hall–Kier alpha value is -2.29. The van der Waals surface area contributed by atoms with Crippen molar-refractivity contribution in [2.45, 2.75) is 6.42 Å². The van der Waals surface area contributed by atoms with Gasteiger partial charge in [-0.05, 0) is 0 Å². The molecule has 108 valence electrons. The molecule has 2 heterocycles. The number of hydrogen-bond donors (Lipinski definition) is 1. The molecule has 0 aromatic carbocycles. The van der Waals surface area contributed by atoms with E-state index in [1.54, 1.807) is 0 Å². The summed E-state index contributed by atoms with van der Waals surface area (Å²) in [6.07, 6.45) is 2.52. The van der Waals surface area contributed by atoms with Crippen molar-refractivity contribution in [3.8, 4) is 0 Å². The second-order valence-corrected chi connectivity index (χ2v) is 4.47. The van der Waals surface area contributed by atoms with Gasteiger partial charge < -0.3 is 10.0 Å². The first kappa shape index (κ1) is 14.1. The van der Waals surface area contributed by atoms with Crippen molar-refractivity contribution in [1.29, 1.82) is 0 Å². The molecule has 0 atom stereocenters. The molecule has 1 saturated heterocycles. The number of carbonyl (C=O) groups is 1. The van der Waals surface area contributed by atoms with Crippen LogP contribution in [-0.4, -0.2) is 63.6 Å². The fourth-order valence-corrected chi connectivity index (χ4v) is 2.00. The molecule has 1 aromatic heterocycles. The van der Waals surface area contributed by atoms with E-state index in [2.05, 4.69) is 14.9 Å². The molecule has 1 aromatic rings. The summed E-state index contributed by atoms with van der Waals surface area (Å²) in [4.78, 5) is 32.4. The fraction of sp³-hybridized carbons (Fsp3) is 0.545. The lowest BCUT2D eigenvalue weighted by Crippen LogP contribution is -2.47. The van der Waals surface area contributed by atoms with Crippen LogP contribution in [0, 0.1) is 10.1 Å². The number of hydrogen-bond acceptors (Lipinski definition) is 7. The third-order valence-electron chi connectivity index (χ3n) is 3.13. The first-order valence-corrected chi connectivity index (χ1v) is 6.22. The van der Waals surface area contributed by atoms with Crippen LogP contribution in [0.5, 0.6) is 0 Å². The van der Waals surface area contributed by atoms with E-state index in [9.17, 15) is 14.9 Å². The standard InChI is InChI=1S/C11H15N5O4/c17-10(18)1-2-14-3-5-15(6-4-14)11-12-7-9(8-13-11)16(19)20/h7-8H,1-6H2,(H,17,18). The summed E-state index contributed by atoms with van der Waals surface area (Å²) >= 11 is 0. The van der Waals surface area contributed by atoms with Crippen LogP contribution in [0.2, 0.25) is 0 Å². The highest BCUT2D eigenvalue weighted by Gasteiger charge is 2.20. The van der Waals surface area contributed by atoms with Crippen LogP contribution in [0.4, 0.5) is 11.6 Å². The van der Waals surface area contributed by atoms with E-state index in [-0.39, 0.29) is 12.1 Å². The summed E-state index contributed by atoms with van der Waals surface area (Å²) in [5, 5.41) is 19.1. The van der Waals surface area contributed by atoms with E-state index >= 15 is 0 Å². The zero-order valence-electron chi connectivity index (χ0n) is 10.8. The van der Waals surface area contributed by atoms with Gasteiger partial charge in [-0.15, -0.1) is 0 Å². The van der Waals surface area contributed by atoms with Crippen molar-refractivity contribution >= 4 is 17.6 Å². The first-order valence-electron chi connectivity index (χ1n) is 6.22. The van der Waals surface area contributed by atoms with Gasteiger partial charge in [0.2, 0.25) is 5.95 Å². The molecule has 9 nitrogen and oxygen atoms in total. The average molecular weight is 281 g/mol. The molecule has 0 spiro atoms. The number of nitro groups is 1. The van der Waals surface area contributed by atoms with Gasteiger partial charge in [0.1, 0.15) is 12.4 Å². The van der Waals surface area contributed by atoms with Gasteiger partial charge in [0.05, 0.1) is 11.3 Å². The topological polar surface area (TPSA) is 113 Å². The molecule has 0 amide bonds. The third-order valence-corrected chi connectivity index (χ3v) is 3.13. The van der Waals surface area contributed by atoms with Crippen molar-refractivity contribution < 1.29 is 14.8 Å². The van der Waals surface area contributed by atoms with Gasteiger partial charge in [-0.1, -0.05) is 0 Å². The second-order valence-electron chi connectivity index (χ2n) is 4.47. The Morgan fingerprint density at radius 3 is 2.40 bits per heavy atom. The summed E-state index contributed by atoms with van der Waals surface area (Å²) in [6.45, 7) is 3.35. The minimum Gasteiger partial charge on any atom is -0.481 e. The maximum atomic E-state index is 10.5. The Bertz CT molecular complexity index is 484. The number of rotatable bonds is 5. The van der Waals surface area contributed by atoms with Crippen molar-refractivity contribution in [3.63, 3.8) is 0 Å². The average Bonchev–Trinajstić information content (AvgIpc) is 2.46. The van der Waals surface area contributed by atoms with Gasteiger partial charge in [0.15, 0.2) is 0 Å². The van der Waals surface area contributed by atoms with Crippen LogP contribution in [0.3, 0.4) is 0 Å². The van der Waals surface area contributed by atoms with Gasteiger partial charge >= 0.3 is 11.7 Å². The quantitative estimate of drug-likeness (QED) is 0.592. The Balaban J connectivity index is 1.87. The summed E-state index contributed by atoms with van der Waals surface area (Å²) in [7, 11) is 0. The summed E-state index contributed by atoms with van der Waals surface area (Å²) < 4.78 is 0. The van der Waals surface area contributed by atoms with Crippen molar-refractivity contribution in [2.24, 2.45) is 0 Å². The highest BCUT2D eigenvalue weighted by atomic mass is 16.6. The monoisotopic (exact) mass is 281 g/mol. The predicted octanol–water partition coefficient (Wildman–Crippen LogP) is -0.0185. The van der Waals surface area contributed by atoms with Crippen LogP contribution < -0.4 is 4.90 Å². The number of carboxylic acid groups (broad SMARTS) is 1. The third kappa shape index (κ3) is 3.60. The highest BCUT2D eigenvalue weighted by molar-refractivity contribution is 5.66. The van der Waals surface area contributed by atoms with Crippen LogP contribution >= 0.6 is 0 Å². The van der Waals surface area contributed by atoms with E-state index in [4.69, 9.17) is 5.11 Å². The van der Waals surface area contributed by atoms with Gasteiger partial charge in [0, 0.05) is 32.7 Å². The number of aliphatic carboxylic acids is 1. The largest absolute Gasteiger partial charge is 0.481 e. The minimum absolute atomic E-state index is 0.131. The Morgan fingerprint density at radius 1 is 1.30 bits per heavy atom. The predicted molar refractivity (Wildman–Crippen MR) is 69.6 cm³/mol. The molecule has 1 aliphatic rings. The Morgan fingerprint density at radius 2 is 1.90 bits per heavy atom. The van der Waals surface area contributed by atoms with Crippen molar-refractivity contribution in [1.82, 2.24) is 14.9 Å². The van der Waals surface area contributed by atoms with Gasteiger partial charge in [0.25, 0.3) is 0 Å². The Labute approximate surface area is 115 Å². The van der Waals surface area contributed by atoms with E-state index in [0.29, 0.717) is 25.6 Å². The SMILES string of the molecule is O=C(O)CCN1CCN(c2ncc([N+](=O)[O-])cn2)CC1. The lowest BCUT2D eigenvalue weighted by Gasteiger charge is -2.34. The van der Waals surface area contributed by atoms with Crippen LogP contribution in [0.25, 0.3) is 0 Å². The normalized spacial score (nSPS) is 16.1. The molecule has 9 heteroatoms. The molecule has 0 bridgehead atoms. The summed E-state index contributed by atoms with van der Waals surface area (Å²) in [6, 6.07) is 0. The van der Waals surface area contributed by atoms with Gasteiger partial charge in [-0.25, -0.2) is 9.97 Å². The molecule has 1 fully saturated rings. The number of nitrogens with zero attached hydrogens (tertiary/aromatic N) is 5. The number of anilines is 1. The molecular weight excluding hydrogens is 266 g/mol. The summed E-state index contributed by atoms with van der Waals surface area (Å²) in [5.41, 5.74) is -0.131.